The van der Waals surface area contributed by atoms with Crippen molar-refractivity contribution >= 4 is 66.2 Å². The Bertz CT molecular complexity index is 2610. The van der Waals surface area contributed by atoms with Gasteiger partial charge in [-0.3, -0.25) is 28.9 Å². The van der Waals surface area contributed by atoms with Crippen LogP contribution in [0.1, 0.15) is 15.7 Å². The number of nitrogens with zero attached hydrogens (tertiary/aromatic N) is 6. The zero-order chi connectivity index (χ0) is 39.5. The van der Waals surface area contributed by atoms with Gasteiger partial charge in [0.25, 0.3) is 31.4 Å². The van der Waals surface area contributed by atoms with Crippen LogP contribution in [0.5, 0.6) is 11.5 Å². The van der Waals surface area contributed by atoms with Crippen molar-refractivity contribution in [1.82, 2.24) is 19.6 Å². The predicted octanol–water partition coefficient (Wildman–Crippen LogP) is 6.06. The van der Waals surface area contributed by atoms with Gasteiger partial charge in [0.15, 0.2) is 11.4 Å². The molecule has 0 fully saturated rings. The van der Waals surface area contributed by atoms with Gasteiger partial charge in [-0.05, 0) is 62.4 Å². The fraction of sp³-hybridized carbons (Fsp3) is 0.0625. The van der Waals surface area contributed by atoms with E-state index in [1.54, 1.807) is 74.5 Å². The number of H-pyrrole nitrogens is 2. The van der Waals surface area contributed by atoms with Crippen LogP contribution in [0.4, 0.5) is 22.7 Å². The van der Waals surface area contributed by atoms with Crippen molar-refractivity contribution < 1.29 is 57.8 Å². The minimum absolute atomic E-state index is 0. The van der Waals surface area contributed by atoms with Crippen molar-refractivity contribution in [2.24, 2.45) is 20.5 Å². The van der Waals surface area contributed by atoms with Crippen molar-refractivity contribution in [3.63, 3.8) is 0 Å². The topological polar surface area (TPSA) is 280 Å². The first-order valence-corrected chi connectivity index (χ1v) is 18.5. The summed E-state index contributed by atoms with van der Waals surface area (Å²) in [4.78, 5) is 23.2. The zero-order valence-electron chi connectivity index (χ0n) is 30.9. The molecule has 0 saturated heterocycles. The summed E-state index contributed by atoms with van der Waals surface area (Å²) in [6, 6.07) is 21.2. The molecule has 0 unspecified atom stereocenters. The van der Waals surface area contributed by atoms with E-state index in [0.717, 1.165) is 24.3 Å². The molecule has 0 aliphatic rings. The Labute approximate surface area is 336 Å². The van der Waals surface area contributed by atoms with Crippen molar-refractivity contribution in [1.29, 1.82) is 0 Å². The number of nitrogens with one attached hydrogen (secondary N) is 2. The Morgan fingerprint density at radius 2 is 0.945 bits per heavy atom. The standard InChI is InChI=1S/2C16H13ClN4O5S.Cr/c2*1-9-14(16(23)21(20-9)11-5-3-2-4-6-11)19-18-12-7-10(17)8-13(15(12)22)27(24,25)26;/h2*2-8,20,22H,1H3,(H,24,25,26);/p+1. The van der Waals surface area contributed by atoms with Gasteiger partial charge in [0.2, 0.25) is 0 Å². The van der Waals surface area contributed by atoms with Crippen LogP contribution in [-0.4, -0.2) is 45.5 Å². The second-order valence-electron chi connectivity index (χ2n) is 11.0. The first kappa shape index (κ1) is 42.4. The molecule has 18 nitrogen and oxygen atoms in total. The second-order valence-corrected chi connectivity index (χ2v) is 14.6. The average Bonchev–Trinajstić information content (AvgIpc) is 3.57. The molecule has 0 aliphatic carbocycles. The number of hydrogen-bond donors (Lipinski definition) is 4. The summed E-state index contributed by atoms with van der Waals surface area (Å²) in [6.07, 6.45) is 0. The summed E-state index contributed by atoms with van der Waals surface area (Å²) < 4.78 is 65.8. The number of azo groups is 2. The number of aromatic nitrogens is 4. The largest absolute Gasteiger partial charge is 1.00 e. The third-order valence-corrected chi connectivity index (χ3v) is 9.34. The van der Waals surface area contributed by atoms with Gasteiger partial charge < -0.3 is 10.2 Å². The molecule has 286 valence electrons. The van der Waals surface area contributed by atoms with Gasteiger partial charge in [0, 0.05) is 27.4 Å². The Morgan fingerprint density at radius 1 is 0.618 bits per heavy atom. The molecule has 2 heterocycles. The average molecular weight is 871 g/mol. The van der Waals surface area contributed by atoms with Crippen molar-refractivity contribution in [2.45, 2.75) is 23.6 Å². The smallest absolute Gasteiger partial charge is 0.870 e. The van der Waals surface area contributed by atoms with Gasteiger partial charge in [-0.15, -0.1) is 10.2 Å². The number of hydrogen-bond acceptors (Lipinski definition) is 12. The van der Waals surface area contributed by atoms with Gasteiger partial charge in [-0.1, -0.05) is 71.1 Å². The van der Waals surface area contributed by atoms with Crippen LogP contribution in [0, 0.1) is 13.8 Å². The van der Waals surface area contributed by atoms with Crippen LogP contribution in [0.15, 0.2) is 125 Å². The minimum atomic E-state index is -4.78. The fourth-order valence-corrected chi connectivity index (χ4v) is 6.46. The molecule has 0 bridgehead atoms. The van der Waals surface area contributed by atoms with Crippen LogP contribution in [0.3, 0.4) is 0 Å². The van der Waals surface area contributed by atoms with Crippen molar-refractivity contribution in [2.75, 3.05) is 0 Å². The molecule has 0 atom stereocenters. The normalized spacial score (nSPS) is 11.7. The second kappa shape index (κ2) is 17.0. The van der Waals surface area contributed by atoms with Gasteiger partial charge in [0.1, 0.15) is 0 Å². The molecule has 0 spiro atoms. The number of aromatic amines is 2. The third kappa shape index (κ3) is 9.66. The first-order chi connectivity index (χ1) is 25.4. The van der Waals surface area contributed by atoms with Gasteiger partial charge in [-0.2, -0.15) is 27.1 Å². The summed E-state index contributed by atoms with van der Waals surface area (Å²) in [5, 5.41) is 44.6. The summed E-state index contributed by atoms with van der Waals surface area (Å²) in [7, 11) is -9.56. The summed E-state index contributed by atoms with van der Waals surface area (Å²) >= 11 is 11.5. The van der Waals surface area contributed by atoms with Crippen molar-refractivity contribution in [3.8, 4) is 22.9 Å². The maximum absolute atomic E-state index is 12.5. The summed E-state index contributed by atoms with van der Waals surface area (Å²) in [5.41, 5.74) is -0.0740. The van der Waals surface area contributed by atoms with Crippen LogP contribution in [-0.2, 0) is 37.6 Å². The quantitative estimate of drug-likeness (QED) is 0.101. The number of halogens is 2. The molecule has 6 aromatic rings. The number of para-hydroxylation sites is 2. The molecule has 0 aliphatic heterocycles. The van der Waals surface area contributed by atoms with E-state index in [2.05, 4.69) is 30.7 Å². The third-order valence-electron chi connectivity index (χ3n) is 7.18. The molecular formula is C32H27Cl2CrN8O10S2+. The molecule has 4 N–H and O–H groups in total. The number of aryl methyl sites for hydroxylation is 2. The SMILES string of the molecule is Cc1[nH]n(-c2ccccc2)c(=O)c1N=Nc1cc(Cl)cc(S(=O)(=O)O)c1[O-].Cc1[nH]n(-c2ccccc2)c(=O)c1N=Nc1cc(Cl)cc(S(=O)(=O)O)c1[O-].[Cr].[H+].[H+].[H+]. The van der Waals surface area contributed by atoms with E-state index in [1.807, 2.05) is 0 Å². The minimum Gasteiger partial charge on any atom is -0.870 e. The molecule has 0 amide bonds. The number of rotatable bonds is 8. The van der Waals surface area contributed by atoms with Gasteiger partial charge in [0.05, 0.1) is 43.9 Å². The monoisotopic (exact) mass is 869 g/mol. The molecule has 23 heteroatoms. The molecule has 55 heavy (non-hydrogen) atoms. The Morgan fingerprint density at radius 3 is 1.25 bits per heavy atom. The Balaban J connectivity index is 0.000000543. The van der Waals surface area contributed by atoms with E-state index in [9.17, 15) is 36.6 Å². The van der Waals surface area contributed by atoms with E-state index < -0.39 is 64.0 Å². The molecule has 4 aromatic carbocycles. The molecule has 6 rings (SSSR count). The Kier molecular flexibility index (Phi) is 13.1. The van der Waals surface area contributed by atoms with E-state index in [4.69, 9.17) is 32.3 Å². The summed E-state index contributed by atoms with van der Waals surface area (Å²) in [6.45, 7) is 3.18. The zero-order valence-corrected chi connectivity index (χ0v) is 32.3. The van der Waals surface area contributed by atoms with Crippen molar-refractivity contribution in [3.05, 3.63) is 127 Å². The van der Waals surface area contributed by atoms with E-state index in [-0.39, 0.29) is 43.1 Å². The van der Waals surface area contributed by atoms with Gasteiger partial charge in [-0.25, -0.2) is 9.36 Å². The van der Waals surface area contributed by atoms with E-state index in [0.29, 0.717) is 22.8 Å². The van der Waals surface area contributed by atoms with Crippen LogP contribution in [0.2, 0.25) is 10.0 Å². The maximum atomic E-state index is 12.5. The predicted molar refractivity (Wildman–Crippen MR) is 195 cm³/mol. The van der Waals surface area contributed by atoms with Gasteiger partial charge >= 0.3 is 4.28 Å². The van der Waals surface area contributed by atoms with E-state index >= 15 is 0 Å². The first-order valence-electron chi connectivity index (χ1n) is 14.9. The van der Waals surface area contributed by atoms with Crippen LogP contribution in [0.25, 0.3) is 11.4 Å². The fourth-order valence-electron chi connectivity index (χ4n) is 4.68. The van der Waals surface area contributed by atoms with Crippen LogP contribution >= 0.6 is 23.2 Å². The molecule has 0 saturated carbocycles. The molecule has 0 radical (unpaired) electrons. The molecular weight excluding hydrogens is 843 g/mol. The molecule has 2 aromatic heterocycles. The Hall–Kier alpha value is -5.37. The van der Waals surface area contributed by atoms with Crippen LogP contribution < -0.4 is 21.3 Å². The number of benzene rings is 4. The maximum Gasteiger partial charge on any atom is 1.00 e. The van der Waals surface area contributed by atoms with E-state index in [1.165, 1.54) is 9.36 Å². The summed E-state index contributed by atoms with van der Waals surface area (Å²) in [5.74, 6) is -2.16.